The Labute approximate surface area is 160 Å². The lowest BCUT2D eigenvalue weighted by molar-refractivity contribution is 0.0722. The van der Waals surface area contributed by atoms with Gasteiger partial charge in [0.15, 0.2) is 0 Å². The molecule has 4 nitrogen and oxygen atoms in total. The van der Waals surface area contributed by atoms with Crippen molar-refractivity contribution in [2.45, 2.75) is 27.3 Å². The Morgan fingerprint density at radius 3 is 2.33 bits per heavy atom. The third-order valence-electron chi connectivity index (χ3n) is 4.35. The van der Waals surface area contributed by atoms with Crippen molar-refractivity contribution in [2.75, 3.05) is 6.54 Å². The summed E-state index contributed by atoms with van der Waals surface area (Å²) in [5.41, 5.74) is 4.83. The highest BCUT2D eigenvalue weighted by Gasteiger charge is 2.17. The topological polar surface area (TPSA) is 46.1 Å². The van der Waals surface area contributed by atoms with Gasteiger partial charge in [-0.3, -0.25) is 14.8 Å². The predicted octanol–water partition coefficient (Wildman–Crippen LogP) is 4.75. The van der Waals surface area contributed by atoms with Crippen LogP contribution in [0.15, 0.2) is 67.1 Å². The number of carbonyl (C=O) groups is 1. The van der Waals surface area contributed by atoms with Gasteiger partial charge in [-0.1, -0.05) is 38.1 Å². The third-order valence-corrected chi connectivity index (χ3v) is 4.35. The van der Waals surface area contributed by atoms with Crippen LogP contribution in [0.1, 0.15) is 35.5 Å². The van der Waals surface area contributed by atoms with E-state index in [9.17, 15) is 4.79 Å². The van der Waals surface area contributed by atoms with Gasteiger partial charge in [-0.05, 0) is 48.2 Å². The Morgan fingerprint density at radius 1 is 1.00 bits per heavy atom. The van der Waals surface area contributed by atoms with Gasteiger partial charge < -0.3 is 4.90 Å². The van der Waals surface area contributed by atoms with E-state index in [2.05, 4.69) is 23.8 Å². The number of benzene rings is 1. The normalized spacial score (nSPS) is 10.8. The van der Waals surface area contributed by atoms with E-state index in [4.69, 9.17) is 0 Å². The van der Waals surface area contributed by atoms with E-state index in [-0.39, 0.29) is 5.91 Å². The Kier molecular flexibility index (Phi) is 5.97. The Morgan fingerprint density at radius 2 is 1.74 bits per heavy atom. The molecule has 0 spiro atoms. The van der Waals surface area contributed by atoms with E-state index < -0.39 is 0 Å². The maximum atomic E-state index is 13.1. The Hall–Kier alpha value is -3.01. The van der Waals surface area contributed by atoms with Crippen molar-refractivity contribution in [3.8, 4) is 11.1 Å². The monoisotopic (exact) mass is 359 g/mol. The van der Waals surface area contributed by atoms with Crippen molar-refractivity contribution < 1.29 is 4.79 Å². The van der Waals surface area contributed by atoms with Gasteiger partial charge in [-0.2, -0.15) is 0 Å². The number of hydrogen-bond acceptors (Lipinski definition) is 3. The number of hydrogen-bond donors (Lipinski definition) is 0. The molecule has 2 heterocycles. The summed E-state index contributed by atoms with van der Waals surface area (Å²) in [6.07, 6.45) is 5.42. The van der Waals surface area contributed by atoms with Crippen LogP contribution in [0.25, 0.3) is 11.1 Å². The molecule has 1 aromatic carbocycles. The lowest BCUT2D eigenvalue weighted by atomic mass is 10.0. The second kappa shape index (κ2) is 8.58. The molecule has 138 valence electrons. The molecule has 0 N–H and O–H groups in total. The van der Waals surface area contributed by atoms with Crippen LogP contribution >= 0.6 is 0 Å². The number of nitrogens with zero attached hydrogens (tertiary/aromatic N) is 3. The van der Waals surface area contributed by atoms with Crippen LogP contribution in [0.3, 0.4) is 0 Å². The average Bonchev–Trinajstić information content (AvgIpc) is 2.68. The third kappa shape index (κ3) is 5.00. The Balaban J connectivity index is 1.79. The molecule has 0 bridgehead atoms. The van der Waals surface area contributed by atoms with Gasteiger partial charge in [0.1, 0.15) is 0 Å². The van der Waals surface area contributed by atoms with Gasteiger partial charge in [0, 0.05) is 48.5 Å². The smallest absolute Gasteiger partial charge is 0.254 e. The van der Waals surface area contributed by atoms with E-state index in [1.54, 1.807) is 6.20 Å². The van der Waals surface area contributed by atoms with Crippen molar-refractivity contribution in [3.05, 3.63) is 83.9 Å². The van der Waals surface area contributed by atoms with Crippen molar-refractivity contribution in [3.63, 3.8) is 0 Å². The summed E-state index contributed by atoms with van der Waals surface area (Å²) in [6, 6.07) is 15.7. The van der Waals surface area contributed by atoms with Gasteiger partial charge in [-0.25, -0.2) is 0 Å². The molecule has 0 aliphatic carbocycles. The largest absolute Gasteiger partial charge is 0.334 e. The highest BCUT2D eigenvalue weighted by Crippen LogP contribution is 2.20. The number of aromatic nitrogens is 2. The molecule has 0 saturated heterocycles. The SMILES string of the molecule is Cc1ccc(-c2ccc(C(=O)N(Cc3cccnc3)CC(C)C)cc2)cn1. The summed E-state index contributed by atoms with van der Waals surface area (Å²) in [4.78, 5) is 23.5. The van der Waals surface area contributed by atoms with Crippen LogP contribution in [0, 0.1) is 12.8 Å². The fourth-order valence-electron chi connectivity index (χ4n) is 3.00. The maximum Gasteiger partial charge on any atom is 0.254 e. The molecule has 0 unspecified atom stereocenters. The second-order valence-electron chi connectivity index (χ2n) is 7.21. The first-order valence-electron chi connectivity index (χ1n) is 9.24. The first-order chi connectivity index (χ1) is 13.0. The van der Waals surface area contributed by atoms with Crippen LogP contribution in [-0.4, -0.2) is 27.3 Å². The van der Waals surface area contributed by atoms with Crippen molar-refractivity contribution >= 4 is 5.91 Å². The van der Waals surface area contributed by atoms with E-state index in [1.165, 1.54) is 0 Å². The summed E-state index contributed by atoms with van der Waals surface area (Å²) in [7, 11) is 0. The van der Waals surface area contributed by atoms with Gasteiger partial charge in [-0.15, -0.1) is 0 Å². The molecule has 2 aromatic heterocycles. The van der Waals surface area contributed by atoms with Gasteiger partial charge in [0.25, 0.3) is 5.91 Å². The molecule has 3 rings (SSSR count). The summed E-state index contributed by atoms with van der Waals surface area (Å²) in [5, 5.41) is 0. The number of amides is 1. The molecular formula is C23H25N3O. The van der Waals surface area contributed by atoms with E-state index >= 15 is 0 Å². The number of rotatable bonds is 6. The molecule has 0 saturated carbocycles. The molecule has 27 heavy (non-hydrogen) atoms. The van der Waals surface area contributed by atoms with Gasteiger partial charge in [0.2, 0.25) is 0 Å². The standard InChI is InChI=1S/C23H25N3O/c1-17(2)15-26(16-19-5-4-12-24-13-19)23(27)21-10-8-20(9-11-21)22-7-6-18(3)25-14-22/h4-14,17H,15-16H2,1-3H3. The first-order valence-corrected chi connectivity index (χ1v) is 9.24. The summed E-state index contributed by atoms with van der Waals surface area (Å²) in [6.45, 7) is 7.48. The molecule has 4 heteroatoms. The maximum absolute atomic E-state index is 13.1. The fourth-order valence-corrected chi connectivity index (χ4v) is 3.00. The zero-order chi connectivity index (χ0) is 19.2. The number of aryl methyl sites for hydroxylation is 1. The molecular weight excluding hydrogens is 334 g/mol. The van der Waals surface area contributed by atoms with Crippen molar-refractivity contribution in [1.29, 1.82) is 0 Å². The molecule has 1 amide bonds. The zero-order valence-corrected chi connectivity index (χ0v) is 16.1. The molecule has 0 aliphatic rings. The van der Waals surface area contributed by atoms with E-state index in [0.717, 1.165) is 22.4 Å². The minimum atomic E-state index is 0.0427. The predicted molar refractivity (Wildman–Crippen MR) is 108 cm³/mol. The lowest BCUT2D eigenvalue weighted by Gasteiger charge is -2.25. The van der Waals surface area contributed by atoms with Crippen LogP contribution in [0.4, 0.5) is 0 Å². The molecule has 3 aromatic rings. The summed E-state index contributed by atoms with van der Waals surface area (Å²) in [5.74, 6) is 0.435. The first kappa shape index (κ1) is 18.8. The van der Waals surface area contributed by atoms with E-state index in [1.807, 2.05) is 72.7 Å². The molecule has 0 aliphatic heterocycles. The highest BCUT2D eigenvalue weighted by atomic mass is 16.2. The highest BCUT2D eigenvalue weighted by molar-refractivity contribution is 5.94. The van der Waals surface area contributed by atoms with Crippen LogP contribution in [-0.2, 0) is 6.54 Å². The van der Waals surface area contributed by atoms with E-state index in [0.29, 0.717) is 24.6 Å². The lowest BCUT2D eigenvalue weighted by Crippen LogP contribution is -2.33. The number of carbonyl (C=O) groups excluding carboxylic acids is 1. The van der Waals surface area contributed by atoms with Crippen LogP contribution in [0.5, 0.6) is 0 Å². The second-order valence-corrected chi connectivity index (χ2v) is 7.21. The van der Waals surface area contributed by atoms with Gasteiger partial charge >= 0.3 is 0 Å². The molecule has 0 fully saturated rings. The molecule has 0 atom stereocenters. The van der Waals surface area contributed by atoms with Crippen molar-refractivity contribution in [2.24, 2.45) is 5.92 Å². The van der Waals surface area contributed by atoms with Gasteiger partial charge in [0.05, 0.1) is 0 Å². The molecule has 0 radical (unpaired) electrons. The minimum absolute atomic E-state index is 0.0427. The quantitative estimate of drug-likeness (QED) is 0.638. The zero-order valence-electron chi connectivity index (χ0n) is 16.1. The average molecular weight is 359 g/mol. The summed E-state index contributed by atoms with van der Waals surface area (Å²) < 4.78 is 0. The van der Waals surface area contributed by atoms with Crippen molar-refractivity contribution in [1.82, 2.24) is 14.9 Å². The van der Waals surface area contributed by atoms with Crippen LogP contribution in [0.2, 0.25) is 0 Å². The van der Waals surface area contributed by atoms with Crippen LogP contribution < -0.4 is 0 Å². The minimum Gasteiger partial charge on any atom is -0.334 e. The fraction of sp³-hybridized carbons (Fsp3) is 0.261. The number of pyridine rings is 2. The summed E-state index contributed by atoms with van der Waals surface area (Å²) >= 11 is 0. The Bertz CT molecular complexity index is 872.